The van der Waals surface area contributed by atoms with Crippen LogP contribution in [0, 0.1) is 18.3 Å². The lowest BCUT2D eigenvalue weighted by atomic mass is 10.1. The van der Waals surface area contributed by atoms with E-state index in [1.165, 1.54) is 0 Å². The van der Waals surface area contributed by atoms with Crippen LogP contribution in [0.1, 0.15) is 16.0 Å². The Labute approximate surface area is 158 Å². The van der Waals surface area contributed by atoms with Crippen LogP contribution >= 0.6 is 22.7 Å². The zero-order chi connectivity index (χ0) is 17.9. The van der Waals surface area contributed by atoms with Gasteiger partial charge in [0.1, 0.15) is 6.33 Å². The van der Waals surface area contributed by atoms with Crippen molar-refractivity contribution in [2.45, 2.75) is 6.92 Å². The second-order valence-corrected chi connectivity index (χ2v) is 7.53. The topological polar surface area (TPSA) is 74.0 Å². The average Bonchev–Trinajstić information content (AvgIpc) is 3.31. The van der Waals surface area contributed by atoms with Crippen molar-refractivity contribution in [1.29, 1.82) is 5.26 Å². The van der Waals surface area contributed by atoms with Gasteiger partial charge in [-0.15, -0.1) is 22.7 Å². The Balaban J connectivity index is 1.73. The van der Waals surface area contributed by atoms with Gasteiger partial charge in [-0.2, -0.15) is 10.4 Å². The fraction of sp³-hybridized carbons (Fsp3) is 0.0526. The van der Waals surface area contributed by atoms with Crippen LogP contribution in [0.4, 0.5) is 5.82 Å². The quantitative estimate of drug-likeness (QED) is 0.400. The molecule has 0 aliphatic rings. The molecular weight excluding hydrogens is 362 g/mol. The number of fused-ring (bicyclic) bond motifs is 1. The summed E-state index contributed by atoms with van der Waals surface area (Å²) in [6.45, 7) is 2.04. The summed E-state index contributed by atoms with van der Waals surface area (Å²) < 4.78 is 0.950. The van der Waals surface area contributed by atoms with E-state index in [9.17, 15) is 0 Å². The molecule has 0 saturated heterocycles. The molecule has 0 amide bonds. The van der Waals surface area contributed by atoms with E-state index >= 15 is 0 Å². The van der Waals surface area contributed by atoms with Crippen molar-refractivity contribution in [2.75, 3.05) is 5.43 Å². The Bertz CT molecular complexity index is 1140. The van der Waals surface area contributed by atoms with Crippen LogP contribution in [0.2, 0.25) is 0 Å². The van der Waals surface area contributed by atoms with E-state index < -0.39 is 0 Å². The molecule has 0 saturated carbocycles. The van der Waals surface area contributed by atoms with Crippen molar-refractivity contribution in [3.05, 3.63) is 64.1 Å². The number of rotatable bonds is 4. The summed E-state index contributed by atoms with van der Waals surface area (Å²) in [6.07, 6.45) is 3.32. The molecule has 3 aromatic heterocycles. The van der Waals surface area contributed by atoms with Gasteiger partial charge in [-0.1, -0.05) is 18.2 Å². The third kappa shape index (κ3) is 3.08. The lowest BCUT2D eigenvalue weighted by Crippen LogP contribution is -1.93. The highest BCUT2D eigenvalue weighted by atomic mass is 32.1. The van der Waals surface area contributed by atoms with Crippen molar-refractivity contribution in [1.82, 2.24) is 9.97 Å². The van der Waals surface area contributed by atoms with Gasteiger partial charge < -0.3 is 0 Å². The van der Waals surface area contributed by atoms with Crippen LogP contribution in [-0.2, 0) is 0 Å². The Kier molecular flexibility index (Phi) is 4.44. The number of hydrogen-bond acceptors (Lipinski definition) is 7. The first-order chi connectivity index (χ1) is 12.8. The molecule has 0 aliphatic carbocycles. The molecule has 0 unspecified atom stereocenters. The number of nitrogens with zero attached hydrogens (tertiary/aromatic N) is 4. The summed E-state index contributed by atoms with van der Waals surface area (Å²) in [5, 5.41) is 15.4. The second-order valence-electron chi connectivity index (χ2n) is 5.53. The van der Waals surface area contributed by atoms with Crippen LogP contribution in [0.15, 0.2) is 53.2 Å². The molecule has 3 heterocycles. The molecular formula is C19H13N5S2. The van der Waals surface area contributed by atoms with Gasteiger partial charge in [0, 0.05) is 9.75 Å². The van der Waals surface area contributed by atoms with Crippen LogP contribution in [0.3, 0.4) is 0 Å². The molecule has 5 nitrogen and oxygen atoms in total. The summed E-state index contributed by atoms with van der Waals surface area (Å²) in [5.41, 5.74) is 6.65. The van der Waals surface area contributed by atoms with E-state index in [2.05, 4.69) is 26.6 Å². The van der Waals surface area contributed by atoms with Gasteiger partial charge >= 0.3 is 0 Å². The number of thiophene rings is 2. The van der Waals surface area contributed by atoms with Gasteiger partial charge in [0.05, 0.1) is 28.1 Å². The smallest absolute Gasteiger partial charge is 0.167 e. The van der Waals surface area contributed by atoms with Crippen LogP contribution in [0.5, 0.6) is 0 Å². The highest BCUT2D eigenvalue weighted by Gasteiger charge is 2.15. The molecule has 126 valence electrons. The Morgan fingerprint density at radius 1 is 1.23 bits per heavy atom. The van der Waals surface area contributed by atoms with E-state index in [0.717, 1.165) is 31.1 Å². The minimum Gasteiger partial charge on any atom is -0.260 e. The summed E-state index contributed by atoms with van der Waals surface area (Å²) >= 11 is 3.23. The maximum absolute atomic E-state index is 9.14. The highest BCUT2D eigenvalue weighted by molar-refractivity contribution is 7.23. The van der Waals surface area contributed by atoms with Crippen molar-refractivity contribution in [3.63, 3.8) is 0 Å². The zero-order valence-corrected chi connectivity index (χ0v) is 15.4. The number of nitriles is 1. The van der Waals surface area contributed by atoms with Gasteiger partial charge in [0.25, 0.3) is 0 Å². The summed E-state index contributed by atoms with van der Waals surface area (Å²) in [5.74, 6) is 0.679. The Morgan fingerprint density at radius 2 is 2.15 bits per heavy atom. The molecule has 4 rings (SSSR count). The van der Waals surface area contributed by atoms with E-state index in [-0.39, 0.29) is 0 Å². The molecule has 26 heavy (non-hydrogen) atoms. The monoisotopic (exact) mass is 375 g/mol. The number of aryl methyl sites for hydroxylation is 1. The van der Waals surface area contributed by atoms with Crippen molar-refractivity contribution < 1.29 is 0 Å². The maximum Gasteiger partial charge on any atom is 0.167 e. The predicted molar refractivity (Wildman–Crippen MR) is 108 cm³/mol. The van der Waals surface area contributed by atoms with Crippen LogP contribution in [0.25, 0.3) is 20.7 Å². The van der Waals surface area contributed by atoms with E-state index in [1.807, 2.05) is 42.6 Å². The number of nitrogens with one attached hydrogen (secondary N) is 1. The lowest BCUT2D eigenvalue weighted by Gasteiger charge is -1.99. The standard InChI is InChI=1S/C19H13N5S2/c1-12-16-18(26-17(12)14-5-2-4-13(8-14)9-20)19(22-11-21-16)24-23-10-15-6-3-7-25-15/h2-8,10-11H,1H3,(H,21,22,24). The number of hydrogen-bond donors (Lipinski definition) is 1. The van der Waals surface area contributed by atoms with E-state index in [0.29, 0.717) is 11.4 Å². The lowest BCUT2D eigenvalue weighted by molar-refractivity contribution is 1.18. The van der Waals surface area contributed by atoms with Crippen molar-refractivity contribution >= 4 is 44.9 Å². The summed E-state index contributed by atoms with van der Waals surface area (Å²) in [7, 11) is 0. The van der Waals surface area contributed by atoms with Crippen LogP contribution in [-0.4, -0.2) is 16.2 Å². The largest absolute Gasteiger partial charge is 0.260 e. The number of hydrazone groups is 1. The van der Waals surface area contributed by atoms with Gasteiger partial charge in [-0.3, -0.25) is 5.43 Å². The number of benzene rings is 1. The normalized spacial score (nSPS) is 11.1. The fourth-order valence-corrected chi connectivity index (χ4v) is 4.41. The molecule has 0 bridgehead atoms. The highest BCUT2D eigenvalue weighted by Crippen LogP contribution is 2.39. The Hall–Kier alpha value is -3.08. The van der Waals surface area contributed by atoms with Gasteiger partial charge in [0.2, 0.25) is 0 Å². The van der Waals surface area contributed by atoms with Crippen LogP contribution < -0.4 is 5.43 Å². The first-order valence-electron chi connectivity index (χ1n) is 7.83. The summed E-state index contributed by atoms with van der Waals surface area (Å²) in [6, 6.07) is 13.8. The molecule has 1 N–H and O–H groups in total. The molecule has 1 aromatic carbocycles. The average molecular weight is 375 g/mol. The minimum atomic E-state index is 0.643. The van der Waals surface area contributed by atoms with Crippen molar-refractivity contribution in [3.8, 4) is 16.5 Å². The van der Waals surface area contributed by atoms with E-state index in [4.69, 9.17) is 5.26 Å². The first kappa shape index (κ1) is 16.4. The fourth-order valence-electron chi connectivity index (χ4n) is 2.63. The van der Waals surface area contributed by atoms with Crippen molar-refractivity contribution in [2.24, 2.45) is 5.10 Å². The molecule has 4 aromatic rings. The maximum atomic E-state index is 9.14. The molecule has 0 fully saturated rings. The third-order valence-electron chi connectivity index (χ3n) is 3.86. The van der Waals surface area contributed by atoms with Gasteiger partial charge in [0.15, 0.2) is 5.82 Å². The van der Waals surface area contributed by atoms with E-state index in [1.54, 1.807) is 41.3 Å². The molecule has 0 spiro atoms. The SMILES string of the molecule is Cc1c(-c2cccc(C#N)c2)sc2c(NN=Cc3cccs3)ncnc12. The predicted octanol–water partition coefficient (Wildman–Crippen LogP) is 5.05. The molecule has 0 atom stereocenters. The van der Waals surface area contributed by atoms with Gasteiger partial charge in [-0.25, -0.2) is 9.97 Å². The summed E-state index contributed by atoms with van der Waals surface area (Å²) in [4.78, 5) is 10.9. The van der Waals surface area contributed by atoms with Gasteiger partial charge in [-0.05, 0) is 41.6 Å². The second kappa shape index (κ2) is 7.04. The minimum absolute atomic E-state index is 0.643. The number of anilines is 1. The zero-order valence-electron chi connectivity index (χ0n) is 13.8. The Morgan fingerprint density at radius 3 is 2.96 bits per heavy atom. The third-order valence-corrected chi connectivity index (χ3v) is 6.01. The first-order valence-corrected chi connectivity index (χ1v) is 9.53. The molecule has 0 aliphatic heterocycles. The molecule has 0 radical (unpaired) electrons. The number of aromatic nitrogens is 2. The molecule has 7 heteroatoms.